The second kappa shape index (κ2) is 2.09. The van der Waals surface area contributed by atoms with Crippen molar-refractivity contribution in [2.75, 3.05) is 6.54 Å². The van der Waals surface area contributed by atoms with E-state index in [1.807, 2.05) is 0 Å². The molecule has 62 valence electrons. The molecule has 0 aliphatic carbocycles. The average Bonchev–Trinajstić information content (AvgIpc) is 2.04. The largest absolute Gasteiger partial charge is 0.464 e. The van der Waals surface area contributed by atoms with Gasteiger partial charge in [0.15, 0.2) is 0 Å². The standard InChI is InChI=1S/C3H4N2O5S/c6-2-1-5(3(7)8)11(9,10)4-2/h1H2,(H,4,6)(H,7,8). The van der Waals surface area contributed by atoms with Crippen molar-refractivity contribution in [3.63, 3.8) is 0 Å². The Bertz CT molecular complexity index is 306. The van der Waals surface area contributed by atoms with Crippen LogP contribution in [0.1, 0.15) is 0 Å². The molecule has 0 aromatic heterocycles. The normalized spacial score (nSPS) is 21.5. The van der Waals surface area contributed by atoms with Crippen LogP contribution in [0.2, 0.25) is 0 Å². The Morgan fingerprint density at radius 3 is 2.36 bits per heavy atom. The summed E-state index contributed by atoms with van der Waals surface area (Å²) in [5, 5.41) is 8.22. The van der Waals surface area contributed by atoms with Crippen molar-refractivity contribution >= 4 is 22.2 Å². The van der Waals surface area contributed by atoms with Crippen LogP contribution in [-0.4, -0.2) is 36.4 Å². The van der Waals surface area contributed by atoms with E-state index in [0.29, 0.717) is 0 Å². The van der Waals surface area contributed by atoms with Crippen LogP contribution < -0.4 is 4.72 Å². The minimum Gasteiger partial charge on any atom is -0.464 e. The van der Waals surface area contributed by atoms with Gasteiger partial charge in [0.25, 0.3) is 5.91 Å². The Morgan fingerprint density at radius 1 is 1.64 bits per heavy atom. The van der Waals surface area contributed by atoms with E-state index in [0.717, 1.165) is 0 Å². The first-order chi connectivity index (χ1) is 4.93. The average molecular weight is 180 g/mol. The summed E-state index contributed by atoms with van der Waals surface area (Å²) in [5.74, 6) is -0.840. The van der Waals surface area contributed by atoms with Crippen LogP contribution in [0, 0.1) is 0 Å². The highest BCUT2D eigenvalue weighted by atomic mass is 32.2. The summed E-state index contributed by atoms with van der Waals surface area (Å²) in [4.78, 5) is 20.5. The molecular formula is C3H4N2O5S. The maximum atomic E-state index is 10.6. The fourth-order valence-electron chi connectivity index (χ4n) is 0.617. The summed E-state index contributed by atoms with van der Waals surface area (Å²) in [6.07, 6.45) is -1.66. The number of hydrogen-bond donors (Lipinski definition) is 2. The van der Waals surface area contributed by atoms with Crippen LogP contribution in [-0.2, 0) is 15.0 Å². The van der Waals surface area contributed by atoms with Crippen molar-refractivity contribution in [2.24, 2.45) is 0 Å². The summed E-state index contributed by atoms with van der Waals surface area (Å²) in [5.41, 5.74) is 0. The van der Waals surface area contributed by atoms with Crippen LogP contribution in [0.3, 0.4) is 0 Å². The first kappa shape index (κ1) is 7.79. The number of carboxylic acid groups (broad SMARTS) is 1. The van der Waals surface area contributed by atoms with Crippen molar-refractivity contribution in [2.45, 2.75) is 0 Å². The Hall–Kier alpha value is -1.31. The van der Waals surface area contributed by atoms with Crippen molar-refractivity contribution in [1.29, 1.82) is 0 Å². The van der Waals surface area contributed by atoms with E-state index in [1.165, 1.54) is 4.72 Å². The smallest absolute Gasteiger partial charge is 0.422 e. The second-order valence-corrected chi connectivity index (χ2v) is 3.41. The molecule has 0 spiro atoms. The third-order valence-corrected chi connectivity index (χ3v) is 2.38. The van der Waals surface area contributed by atoms with E-state index in [-0.39, 0.29) is 4.31 Å². The molecule has 11 heavy (non-hydrogen) atoms. The summed E-state index contributed by atoms with van der Waals surface area (Å²) < 4.78 is 22.8. The van der Waals surface area contributed by atoms with Gasteiger partial charge < -0.3 is 5.11 Å². The van der Waals surface area contributed by atoms with Gasteiger partial charge >= 0.3 is 16.3 Å². The Kier molecular flexibility index (Phi) is 1.48. The summed E-state index contributed by atoms with van der Waals surface area (Å²) in [7, 11) is -4.10. The van der Waals surface area contributed by atoms with Crippen LogP contribution in [0.25, 0.3) is 0 Å². The Labute approximate surface area is 61.8 Å². The molecule has 8 heteroatoms. The fourth-order valence-corrected chi connectivity index (χ4v) is 1.57. The van der Waals surface area contributed by atoms with Gasteiger partial charge in [-0.25, -0.2) is 9.52 Å². The van der Waals surface area contributed by atoms with Gasteiger partial charge in [0.05, 0.1) is 0 Å². The molecular weight excluding hydrogens is 176 g/mol. The number of nitrogens with one attached hydrogen (secondary N) is 1. The zero-order valence-electron chi connectivity index (χ0n) is 5.14. The van der Waals surface area contributed by atoms with E-state index in [4.69, 9.17) is 5.11 Å². The lowest BCUT2D eigenvalue weighted by molar-refractivity contribution is -0.118. The summed E-state index contributed by atoms with van der Waals surface area (Å²) in [6, 6.07) is 0. The van der Waals surface area contributed by atoms with Gasteiger partial charge in [-0.05, 0) is 0 Å². The molecule has 0 aromatic rings. The zero-order chi connectivity index (χ0) is 8.65. The molecule has 1 heterocycles. The molecule has 0 aromatic carbocycles. The first-order valence-corrected chi connectivity index (χ1v) is 3.94. The van der Waals surface area contributed by atoms with Crippen molar-refractivity contribution in [3.05, 3.63) is 0 Å². The highest BCUT2D eigenvalue weighted by molar-refractivity contribution is 7.88. The molecule has 2 amide bonds. The lowest BCUT2D eigenvalue weighted by atomic mass is 10.6. The van der Waals surface area contributed by atoms with E-state index in [2.05, 4.69) is 0 Å². The van der Waals surface area contributed by atoms with Crippen molar-refractivity contribution in [1.82, 2.24) is 9.03 Å². The molecule has 1 saturated heterocycles. The summed E-state index contributed by atoms with van der Waals surface area (Å²) >= 11 is 0. The lowest BCUT2D eigenvalue weighted by Gasteiger charge is -2.05. The molecule has 0 bridgehead atoms. The number of amides is 2. The monoisotopic (exact) mass is 180 g/mol. The predicted octanol–water partition coefficient (Wildman–Crippen LogP) is -1.66. The molecule has 0 radical (unpaired) electrons. The van der Waals surface area contributed by atoms with E-state index in [1.54, 1.807) is 0 Å². The second-order valence-electron chi connectivity index (χ2n) is 1.82. The number of rotatable bonds is 0. The van der Waals surface area contributed by atoms with Gasteiger partial charge in [-0.1, -0.05) is 0 Å². The van der Waals surface area contributed by atoms with Crippen LogP contribution >= 0.6 is 0 Å². The zero-order valence-corrected chi connectivity index (χ0v) is 5.96. The predicted molar refractivity (Wildman–Crippen MR) is 31.8 cm³/mol. The topological polar surface area (TPSA) is 104 Å². The minimum atomic E-state index is -4.10. The SMILES string of the molecule is O=C1CN(C(=O)O)S(=O)(=O)N1. The number of carbonyl (C=O) groups is 2. The maximum absolute atomic E-state index is 10.6. The first-order valence-electron chi connectivity index (χ1n) is 2.50. The molecule has 0 unspecified atom stereocenters. The third kappa shape index (κ3) is 1.24. The fraction of sp³-hybridized carbons (Fsp3) is 0.333. The number of carbonyl (C=O) groups excluding carboxylic acids is 1. The molecule has 1 aliphatic rings. The van der Waals surface area contributed by atoms with E-state index in [9.17, 15) is 18.0 Å². The van der Waals surface area contributed by atoms with Crippen molar-refractivity contribution in [3.8, 4) is 0 Å². The van der Waals surface area contributed by atoms with Crippen molar-refractivity contribution < 1.29 is 23.1 Å². The van der Waals surface area contributed by atoms with Crippen LogP contribution in [0.15, 0.2) is 0 Å². The molecule has 1 fully saturated rings. The van der Waals surface area contributed by atoms with Gasteiger partial charge in [0, 0.05) is 0 Å². The maximum Gasteiger partial charge on any atom is 0.422 e. The quantitative estimate of drug-likeness (QED) is 0.464. The van der Waals surface area contributed by atoms with Gasteiger partial charge in [0.2, 0.25) is 0 Å². The molecule has 0 atom stereocenters. The Morgan fingerprint density at radius 2 is 2.18 bits per heavy atom. The summed E-state index contributed by atoms with van der Waals surface area (Å²) in [6.45, 7) is -0.655. The highest BCUT2D eigenvalue weighted by Crippen LogP contribution is 2.04. The van der Waals surface area contributed by atoms with E-state index >= 15 is 0 Å². The number of nitrogens with zero attached hydrogens (tertiary/aromatic N) is 1. The van der Waals surface area contributed by atoms with Gasteiger partial charge in [0.1, 0.15) is 6.54 Å². The highest BCUT2D eigenvalue weighted by Gasteiger charge is 2.37. The van der Waals surface area contributed by atoms with E-state index < -0.39 is 28.8 Å². The minimum absolute atomic E-state index is 0.0370. The number of hydrogen-bond acceptors (Lipinski definition) is 4. The molecule has 1 rings (SSSR count). The molecule has 0 saturated carbocycles. The van der Waals surface area contributed by atoms with Gasteiger partial charge in [-0.2, -0.15) is 12.7 Å². The molecule has 1 aliphatic heterocycles. The van der Waals surface area contributed by atoms with Gasteiger partial charge in [-0.3, -0.25) is 4.79 Å². The lowest BCUT2D eigenvalue weighted by Crippen LogP contribution is -2.33. The Balaban J connectivity index is 3.01. The van der Waals surface area contributed by atoms with Gasteiger partial charge in [-0.15, -0.1) is 0 Å². The third-order valence-electron chi connectivity index (χ3n) is 1.03. The van der Waals surface area contributed by atoms with Crippen LogP contribution in [0.5, 0.6) is 0 Å². The molecule has 7 nitrogen and oxygen atoms in total. The van der Waals surface area contributed by atoms with Crippen LogP contribution in [0.4, 0.5) is 4.79 Å². The molecule has 2 N–H and O–H groups in total.